The van der Waals surface area contributed by atoms with Gasteiger partial charge >= 0.3 is 0 Å². The number of hydrogen-bond donors (Lipinski definition) is 2. The number of carbonyl (C=O) groups is 1. The van der Waals surface area contributed by atoms with Crippen LogP contribution in [0.15, 0.2) is 18.2 Å². The standard InChI is InChI=1S/C14H22N2O2/c1-11-10-12(8-9-13(11)18-3)6-4-5-7-14(17)16-15-2/h8-10,15H,4-7H2,1-3H3,(H,16,17). The van der Waals surface area contributed by atoms with Crippen molar-refractivity contribution >= 4 is 5.91 Å². The number of ether oxygens (including phenoxy) is 1. The summed E-state index contributed by atoms with van der Waals surface area (Å²) in [7, 11) is 3.38. The van der Waals surface area contributed by atoms with Crippen LogP contribution in [0.3, 0.4) is 0 Å². The van der Waals surface area contributed by atoms with E-state index in [9.17, 15) is 4.79 Å². The van der Waals surface area contributed by atoms with E-state index in [2.05, 4.69) is 23.0 Å². The van der Waals surface area contributed by atoms with Gasteiger partial charge in [-0.3, -0.25) is 10.2 Å². The summed E-state index contributed by atoms with van der Waals surface area (Å²) in [5.41, 5.74) is 7.64. The normalized spacial score (nSPS) is 10.2. The van der Waals surface area contributed by atoms with Crippen LogP contribution in [0.2, 0.25) is 0 Å². The number of unbranched alkanes of at least 4 members (excludes halogenated alkanes) is 1. The lowest BCUT2D eigenvalue weighted by Crippen LogP contribution is -2.33. The fourth-order valence-electron chi connectivity index (χ4n) is 1.91. The molecule has 18 heavy (non-hydrogen) atoms. The predicted molar refractivity (Wildman–Crippen MR) is 72.5 cm³/mol. The van der Waals surface area contributed by atoms with Crippen LogP contribution in [0.1, 0.15) is 30.4 Å². The van der Waals surface area contributed by atoms with E-state index in [4.69, 9.17) is 4.74 Å². The third-order valence-electron chi connectivity index (χ3n) is 2.84. The maximum Gasteiger partial charge on any atom is 0.234 e. The molecule has 1 aromatic rings. The summed E-state index contributed by atoms with van der Waals surface area (Å²) in [5, 5.41) is 0. The first-order chi connectivity index (χ1) is 8.67. The Bertz CT molecular complexity index is 391. The summed E-state index contributed by atoms with van der Waals surface area (Å²) in [6.07, 6.45) is 3.48. The molecule has 1 rings (SSSR count). The van der Waals surface area contributed by atoms with Gasteiger partial charge < -0.3 is 4.74 Å². The molecule has 4 heteroatoms. The number of rotatable bonds is 7. The average molecular weight is 250 g/mol. The van der Waals surface area contributed by atoms with Crippen molar-refractivity contribution < 1.29 is 9.53 Å². The first kappa shape index (κ1) is 14.5. The van der Waals surface area contributed by atoms with Gasteiger partial charge in [0.2, 0.25) is 5.91 Å². The molecule has 0 aliphatic rings. The molecule has 0 saturated carbocycles. The first-order valence-corrected chi connectivity index (χ1v) is 6.26. The Morgan fingerprint density at radius 2 is 2.11 bits per heavy atom. The van der Waals surface area contributed by atoms with Gasteiger partial charge in [0, 0.05) is 13.5 Å². The van der Waals surface area contributed by atoms with E-state index in [0.717, 1.165) is 30.6 Å². The minimum Gasteiger partial charge on any atom is -0.496 e. The average Bonchev–Trinajstić information content (AvgIpc) is 2.35. The van der Waals surface area contributed by atoms with Crippen LogP contribution in [0, 0.1) is 6.92 Å². The molecule has 0 atom stereocenters. The molecule has 4 nitrogen and oxygen atoms in total. The van der Waals surface area contributed by atoms with Crippen LogP contribution in [-0.4, -0.2) is 20.1 Å². The number of carbonyl (C=O) groups excluding carboxylic acids is 1. The van der Waals surface area contributed by atoms with Gasteiger partial charge in [0.1, 0.15) is 5.75 Å². The maximum atomic E-state index is 11.2. The molecule has 100 valence electrons. The van der Waals surface area contributed by atoms with Crippen molar-refractivity contribution in [2.75, 3.05) is 14.2 Å². The summed E-state index contributed by atoms with van der Waals surface area (Å²) in [6.45, 7) is 2.04. The Hall–Kier alpha value is -1.55. The lowest BCUT2D eigenvalue weighted by molar-refractivity contribution is -0.122. The summed E-state index contributed by atoms with van der Waals surface area (Å²) in [6, 6.07) is 6.23. The minimum absolute atomic E-state index is 0.0448. The van der Waals surface area contributed by atoms with Crippen molar-refractivity contribution in [1.29, 1.82) is 0 Å². The quantitative estimate of drug-likeness (QED) is 0.574. The molecule has 0 fully saturated rings. The van der Waals surface area contributed by atoms with Crippen LogP contribution < -0.4 is 15.6 Å². The molecule has 1 amide bonds. The molecule has 0 heterocycles. The van der Waals surface area contributed by atoms with Gasteiger partial charge in [0.15, 0.2) is 0 Å². The molecule has 0 bridgehead atoms. The highest BCUT2D eigenvalue weighted by molar-refractivity contribution is 5.75. The Kier molecular flexibility index (Phi) is 6.22. The van der Waals surface area contributed by atoms with Gasteiger partial charge in [-0.15, -0.1) is 0 Å². The zero-order chi connectivity index (χ0) is 13.4. The number of hydrazine groups is 1. The van der Waals surface area contributed by atoms with E-state index in [1.54, 1.807) is 14.2 Å². The Labute approximate surface area is 109 Å². The van der Waals surface area contributed by atoms with Gasteiger partial charge in [-0.05, 0) is 43.4 Å². The third-order valence-corrected chi connectivity index (χ3v) is 2.84. The lowest BCUT2D eigenvalue weighted by atomic mass is 10.0. The molecule has 0 radical (unpaired) electrons. The number of benzene rings is 1. The van der Waals surface area contributed by atoms with Crippen LogP contribution in [0.25, 0.3) is 0 Å². The molecular formula is C14H22N2O2. The van der Waals surface area contributed by atoms with Crippen LogP contribution >= 0.6 is 0 Å². The van der Waals surface area contributed by atoms with Gasteiger partial charge in [-0.1, -0.05) is 12.1 Å². The van der Waals surface area contributed by atoms with E-state index < -0.39 is 0 Å². The molecule has 0 aliphatic heterocycles. The molecular weight excluding hydrogens is 228 g/mol. The van der Waals surface area contributed by atoms with Crippen LogP contribution in [0.5, 0.6) is 5.75 Å². The summed E-state index contributed by atoms with van der Waals surface area (Å²) in [4.78, 5) is 11.2. The number of methoxy groups -OCH3 is 1. The Morgan fingerprint density at radius 3 is 2.72 bits per heavy atom. The molecule has 1 aromatic carbocycles. The maximum absolute atomic E-state index is 11.2. The molecule has 0 saturated heterocycles. The highest BCUT2D eigenvalue weighted by Crippen LogP contribution is 2.19. The highest BCUT2D eigenvalue weighted by atomic mass is 16.5. The SMILES string of the molecule is CNNC(=O)CCCCc1ccc(OC)c(C)c1. The zero-order valence-electron chi connectivity index (χ0n) is 11.4. The smallest absolute Gasteiger partial charge is 0.234 e. The van der Waals surface area contributed by atoms with Crippen molar-refractivity contribution in [1.82, 2.24) is 10.9 Å². The van der Waals surface area contributed by atoms with Crippen LogP contribution in [0.4, 0.5) is 0 Å². The van der Waals surface area contributed by atoms with Gasteiger partial charge in [0.05, 0.1) is 7.11 Å². The Morgan fingerprint density at radius 1 is 1.33 bits per heavy atom. The summed E-state index contributed by atoms with van der Waals surface area (Å²) in [5.74, 6) is 0.968. The number of nitrogens with one attached hydrogen (secondary N) is 2. The summed E-state index contributed by atoms with van der Waals surface area (Å²) < 4.78 is 5.22. The Balaban J connectivity index is 2.31. The molecule has 0 aromatic heterocycles. The molecule has 0 unspecified atom stereocenters. The number of hydrogen-bond acceptors (Lipinski definition) is 3. The fourth-order valence-corrected chi connectivity index (χ4v) is 1.91. The fraction of sp³-hybridized carbons (Fsp3) is 0.500. The number of aryl methyl sites for hydroxylation is 2. The van der Waals surface area contributed by atoms with E-state index >= 15 is 0 Å². The molecule has 0 aliphatic carbocycles. The highest BCUT2D eigenvalue weighted by Gasteiger charge is 2.02. The second-order valence-electron chi connectivity index (χ2n) is 4.31. The summed E-state index contributed by atoms with van der Waals surface area (Å²) >= 11 is 0. The van der Waals surface area contributed by atoms with E-state index in [0.29, 0.717) is 6.42 Å². The van der Waals surface area contributed by atoms with E-state index in [-0.39, 0.29) is 5.91 Å². The van der Waals surface area contributed by atoms with Gasteiger partial charge in [-0.2, -0.15) is 0 Å². The third kappa shape index (κ3) is 4.75. The van der Waals surface area contributed by atoms with Gasteiger partial charge in [-0.25, -0.2) is 5.43 Å². The largest absolute Gasteiger partial charge is 0.496 e. The predicted octanol–water partition coefficient (Wildman–Crippen LogP) is 1.97. The van der Waals surface area contributed by atoms with Crippen molar-refractivity contribution in [2.45, 2.75) is 32.6 Å². The second kappa shape index (κ2) is 7.71. The zero-order valence-corrected chi connectivity index (χ0v) is 11.4. The van der Waals surface area contributed by atoms with Crippen LogP contribution in [-0.2, 0) is 11.2 Å². The van der Waals surface area contributed by atoms with Gasteiger partial charge in [0.25, 0.3) is 0 Å². The monoisotopic (exact) mass is 250 g/mol. The minimum atomic E-state index is 0.0448. The first-order valence-electron chi connectivity index (χ1n) is 6.26. The van der Waals surface area contributed by atoms with Crippen molar-refractivity contribution in [3.8, 4) is 5.75 Å². The number of amides is 1. The van der Waals surface area contributed by atoms with Crippen molar-refractivity contribution in [2.24, 2.45) is 0 Å². The van der Waals surface area contributed by atoms with Crippen molar-refractivity contribution in [3.05, 3.63) is 29.3 Å². The van der Waals surface area contributed by atoms with Crippen molar-refractivity contribution in [3.63, 3.8) is 0 Å². The molecule has 0 spiro atoms. The van der Waals surface area contributed by atoms with E-state index in [1.165, 1.54) is 5.56 Å². The lowest BCUT2D eigenvalue weighted by Gasteiger charge is -2.07. The second-order valence-corrected chi connectivity index (χ2v) is 4.31. The van der Waals surface area contributed by atoms with E-state index in [1.807, 2.05) is 13.0 Å². The topological polar surface area (TPSA) is 50.4 Å². The molecule has 2 N–H and O–H groups in total.